The van der Waals surface area contributed by atoms with Crippen LogP contribution in [0.3, 0.4) is 0 Å². The summed E-state index contributed by atoms with van der Waals surface area (Å²) in [5.41, 5.74) is -0.552. The summed E-state index contributed by atoms with van der Waals surface area (Å²) in [5, 5.41) is 0. The number of methoxy groups -OCH3 is 1. The van der Waals surface area contributed by atoms with Crippen LogP contribution in [-0.4, -0.2) is 41.9 Å². The molecule has 6 heteroatoms. The number of ether oxygens (including phenoxy) is 1. The van der Waals surface area contributed by atoms with Crippen LogP contribution in [0.25, 0.3) is 0 Å². The van der Waals surface area contributed by atoms with Crippen LogP contribution in [0.2, 0.25) is 0 Å². The molecule has 32 heavy (non-hydrogen) atoms. The number of nitrogens with zero attached hydrogens (tertiary/aromatic N) is 1. The SMILES string of the molecule is CCCCCCCCCCCCCCCCCCC(C)(C)C(C)(OC)[N+]([SiH3])(OC)OC.[Cl-]. The van der Waals surface area contributed by atoms with Crippen molar-refractivity contribution in [1.29, 1.82) is 0 Å². The summed E-state index contributed by atoms with van der Waals surface area (Å²) >= 11 is 0. The van der Waals surface area contributed by atoms with E-state index in [1.807, 2.05) is 0 Å². The van der Waals surface area contributed by atoms with Gasteiger partial charge < -0.3 is 17.1 Å². The van der Waals surface area contributed by atoms with Crippen molar-refractivity contribution in [3.05, 3.63) is 0 Å². The molecule has 4 nitrogen and oxygen atoms in total. The highest BCUT2D eigenvalue weighted by atomic mass is 35.5. The summed E-state index contributed by atoms with van der Waals surface area (Å²) in [6.07, 6.45) is 23.6. The van der Waals surface area contributed by atoms with E-state index in [2.05, 4.69) is 27.7 Å². The lowest BCUT2D eigenvalue weighted by Gasteiger charge is -2.50. The standard InChI is InChI=1S/C26H58NO3Si.ClH/c1-8-9-10-11-12-13-14-15-16-17-18-19-20-21-22-23-24-25(2,3)26(4,28-5)27(31,29-6)30-7;/h8-24H2,1-7,31H3;1H/q+1;/p-1. The van der Waals surface area contributed by atoms with Gasteiger partial charge in [-0.3, -0.25) is 0 Å². The molecular formula is C26H58ClNO3Si. The van der Waals surface area contributed by atoms with Crippen LogP contribution < -0.4 is 12.4 Å². The van der Waals surface area contributed by atoms with Gasteiger partial charge in [-0.25, -0.2) is 0 Å². The fourth-order valence-corrected chi connectivity index (χ4v) is 5.55. The Bertz CT molecular complexity index is 422. The summed E-state index contributed by atoms with van der Waals surface area (Å²) in [4.78, 5) is 11.4. The second-order valence-electron chi connectivity index (χ2n) is 10.3. The molecule has 0 rings (SSSR count). The fourth-order valence-electron chi connectivity index (χ4n) is 4.76. The zero-order valence-electron chi connectivity index (χ0n) is 23.1. The minimum atomic E-state index is -0.516. The Labute approximate surface area is 210 Å². The normalized spacial score (nSPS) is 14.3. The fraction of sp³-hybridized carbons (Fsp3) is 1.00. The molecule has 0 amide bonds. The summed E-state index contributed by atoms with van der Waals surface area (Å²) in [7, 11) is 5.89. The van der Waals surface area contributed by atoms with E-state index in [4.69, 9.17) is 14.4 Å². The van der Waals surface area contributed by atoms with Crippen LogP contribution in [0, 0.1) is 5.41 Å². The lowest BCUT2D eigenvalue weighted by atomic mass is 9.77. The Morgan fingerprint density at radius 1 is 0.594 bits per heavy atom. The van der Waals surface area contributed by atoms with Crippen molar-refractivity contribution in [2.75, 3.05) is 21.3 Å². The van der Waals surface area contributed by atoms with E-state index in [0.29, 0.717) is 10.4 Å². The predicted molar refractivity (Wildman–Crippen MR) is 138 cm³/mol. The molecule has 0 fully saturated rings. The van der Waals surface area contributed by atoms with Gasteiger partial charge in [0.2, 0.25) is 5.72 Å². The summed E-state index contributed by atoms with van der Waals surface area (Å²) in [6.45, 7) is 8.98. The number of quaternary nitrogens is 1. The van der Waals surface area contributed by atoms with Gasteiger partial charge >= 0.3 is 10.4 Å². The van der Waals surface area contributed by atoms with Crippen LogP contribution in [-0.2, 0) is 14.4 Å². The number of unbranched alkanes of at least 4 members (excludes halogenated alkanes) is 15. The highest BCUT2D eigenvalue weighted by Gasteiger charge is 2.57. The van der Waals surface area contributed by atoms with Gasteiger partial charge in [-0.15, -0.1) is 0 Å². The highest BCUT2D eigenvalue weighted by molar-refractivity contribution is 5.96. The van der Waals surface area contributed by atoms with Crippen molar-refractivity contribution in [1.82, 2.24) is 0 Å². The molecule has 0 aliphatic heterocycles. The molecule has 0 N–H and O–H groups in total. The number of hydrogen-bond donors (Lipinski definition) is 0. The average molecular weight is 496 g/mol. The third-order valence-corrected chi connectivity index (χ3v) is 9.36. The third kappa shape index (κ3) is 12.2. The van der Waals surface area contributed by atoms with Gasteiger partial charge in [-0.2, -0.15) is 9.68 Å². The minimum absolute atomic E-state index is 0. The van der Waals surface area contributed by atoms with Crippen molar-refractivity contribution in [3.8, 4) is 0 Å². The first kappa shape index (κ1) is 34.5. The number of halogens is 1. The smallest absolute Gasteiger partial charge is 0.312 e. The molecule has 0 spiro atoms. The Morgan fingerprint density at radius 3 is 1.19 bits per heavy atom. The van der Waals surface area contributed by atoms with Crippen molar-refractivity contribution < 1.29 is 31.3 Å². The van der Waals surface area contributed by atoms with Crippen LogP contribution in [0.5, 0.6) is 0 Å². The molecule has 0 heterocycles. The monoisotopic (exact) mass is 495 g/mol. The molecule has 0 bridgehead atoms. The van der Waals surface area contributed by atoms with E-state index in [9.17, 15) is 0 Å². The van der Waals surface area contributed by atoms with Crippen LogP contribution >= 0.6 is 0 Å². The van der Waals surface area contributed by atoms with E-state index < -0.39 is 5.72 Å². The first-order chi connectivity index (χ1) is 14.7. The van der Waals surface area contributed by atoms with Crippen LogP contribution in [0.4, 0.5) is 0 Å². The van der Waals surface area contributed by atoms with Gasteiger partial charge in [-0.1, -0.05) is 128 Å². The van der Waals surface area contributed by atoms with Gasteiger partial charge in [0.25, 0.3) is 0 Å². The number of hydroxylamine groups is 2. The molecule has 0 saturated carbocycles. The van der Waals surface area contributed by atoms with Gasteiger partial charge in [-0.05, 0) is 6.42 Å². The van der Waals surface area contributed by atoms with E-state index in [1.165, 1.54) is 103 Å². The highest BCUT2D eigenvalue weighted by Crippen LogP contribution is 2.44. The molecule has 196 valence electrons. The molecule has 0 radical (unpaired) electrons. The van der Waals surface area contributed by atoms with Crippen molar-refractivity contribution >= 4 is 10.4 Å². The van der Waals surface area contributed by atoms with Crippen molar-refractivity contribution in [3.63, 3.8) is 0 Å². The maximum absolute atomic E-state index is 5.99. The second kappa shape index (κ2) is 19.6. The van der Waals surface area contributed by atoms with E-state index >= 15 is 0 Å². The number of hydrogen-bond acceptors (Lipinski definition) is 3. The molecular weight excluding hydrogens is 438 g/mol. The number of rotatable bonds is 22. The Kier molecular flexibility index (Phi) is 21.2. The molecule has 0 aromatic carbocycles. The van der Waals surface area contributed by atoms with Crippen molar-refractivity contribution in [2.24, 2.45) is 5.41 Å². The Hall–Kier alpha value is 0.347. The van der Waals surface area contributed by atoms with E-state index in [0.717, 1.165) is 6.42 Å². The zero-order valence-corrected chi connectivity index (χ0v) is 25.8. The Morgan fingerprint density at radius 2 is 0.906 bits per heavy atom. The first-order valence-corrected chi connectivity index (χ1v) is 14.2. The largest absolute Gasteiger partial charge is 1.00 e. The maximum Gasteiger partial charge on any atom is 0.312 e. The Balaban J connectivity index is 0. The van der Waals surface area contributed by atoms with Crippen molar-refractivity contribution in [2.45, 2.75) is 143 Å². The minimum Gasteiger partial charge on any atom is -1.00 e. The quantitative estimate of drug-likeness (QED) is 0.0972. The molecule has 0 saturated heterocycles. The topological polar surface area (TPSA) is 27.7 Å². The van der Waals surface area contributed by atoms with Gasteiger partial charge in [0.15, 0.2) is 0 Å². The molecule has 1 unspecified atom stereocenters. The van der Waals surface area contributed by atoms with Gasteiger partial charge in [0.05, 0.1) is 19.6 Å². The molecule has 0 aliphatic rings. The third-order valence-electron chi connectivity index (χ3n) is 7.78. The first-order valence-electron chi connectivity index (χ1n) is 13.3. The lowest BCUT2D eigenvalue weighted by molar-refractivity contribution is -1.21. The predicted octanol–water partition coefficient (Wildman–Crippen LogP) is 4.25. The van der Waals surface area contributed by atoms with E-state index in [-0.39, 0.29) is 22.3 Å². The van der Waals surface area contributed by atoms with E-state index in [1.54, 1.807) is 21.3 Å². The second-order valence-corrected chi connectivity index (χ2v) is 11.5. The molecule has 0 aliphatic carbocycles. The van der Waals surface area contributed by atoms with Gasteiger partial charge in [0, 0.05) is 14.0 Å². The zero-order chi connectivity index (χ0) is 23.6. The van der Waals surface area contributed by atoms with Gasteiger partial charge in [0.1, 0.15) is 0 Å². The lowest BCUT2D eigenvalue weighted by Crippen LogP contribution is -3.00. The average Bonchev–Trinajstić information content (AvgIpc) is 2.77. The maximum atomic E-state index is 5.99. The summed E-state index contributed by atoms with van der Waals surface area (Å²) in [6, 6.07) is 0. The van der Waals surface area contributed by atoms with Crippen LogP contribution in [0.1, 0.15) is 137 Å². The molecule has 0 aromatic rings. The molecule has 1 atom stereocenters. The summed E-state index contributed by atoms with van der Waals surface area (Å²) in [5.74, 6) is 0. The summed E-state index contributed by atoms with van der Waals surface area (Å²) < 4.78 is 6.11. The molecule has 0 aromatic heterocycles. The van der Waals surface area contributed by atoms with Crippen LogP contribution in [0.15, 0.2) is 0 Å².